The minimum absolute atomic E-state index is 0.0584. The molecule has 0 bridgehead atoms. The number of benzene rings is 2. The highest BCUT2D eigenvalue weighted by Crippen LogP contribution is 2.17. The molecule has 2 aromatic carbocycles. The molecule has 7 heteroatoms. The molecule has 0 fully saturated rings. The van der Waals surface area contributed by atoms with Gasteiger partial charge in [-0.15, -0.1) is 0 Å². The van der Waals surface area contributed by atoms with Crippen LogP contribution in [-0.4, -0.2) is 24.3 Å². The summed E-state index contributed by atoms with van der Waals surface area (Å²) in [6, 6.07) is 13.8. The Morgan fingerprint density at radius 1 is 0.958 bits per heavy atom. The highest BCUT2D eigenvalue weighted by Gasteiger charge is 2.14. The number of hydrogen-bond acceptors (Lipinski definition) is 3. The van der Waals surface area contributed by atoms with Gasteiger partial charge in [-0.1, -0.05) is 12.1 Å². The van der Waals surface area contributed by atoms with E-state index in [2.05, 4.69) is 33.2 Å². The number of primary amides is 1. The Labute approximate surface area is 152 Å². The fourth-order valence-electron chi connectivity index (χ4n) is 1.98. The molecular formula is C17H16IN3O3. The Bertz CT molecular complexity index is 760. The molecule has 3 amide bonds. The van der Waals surface area contributed by atoms with Crippen LogP contribution in [0.2, 0.25) is 0 Å². The van der Waals surface area contributed by atoms with E-state index in [1.807, 2.05) is 12.1 Å². The molecule has 124 valence electrons. The fraction of sp³-hybridized carbons (Fsp3) is 0.118. The van der Waals surface area contributed by atoms with Crippen molar-refractivity contribution in [2.75, 3.05) is 11.9 Å². The van der Waals surface area contributed by atoms with E-state index in [0.717, 1.165) is 3.57 Å². The lowest BCUT2D eigenvalue weighted by Gasteiger charge is -2.11. The van der Waals surface area contributed by atoms with Crippen LogP contribution in [-0.2, 0) is 4.79 Å². The summed E-state index contributed by atoms with van der Waals surface area (Å²) in [5.41, 5.74) is 6.26. The van der Waals surface area contributed by atoms with Crippen molar-refractivity contribution in [1.29, 1.82) is 0 Å². The van der Waals surface area contributed by atoms with Crippen LogP contribution in [0.3, 0.4) is 0 Å². The van der Waals surface area contributed by atoms with E-state index in [4.69, 9.17) is 5.73 Å². The number of nitrogens with one attached hydrogen (secondary N) is 2. The Morgan fingerprint density at radius 3 is 2.29 bits per heavy atom. The van der Waals surface area contributed by atoms with E-state index in [-0.39, 0.29) is 24.8 Å². The predicted molar refractivity (Wildman–Crippen MR) is 99.7 cm³/mol. The quantitative estimate of drug-likeness (QED) is 0.604. The Balaban J connectivity index is 2.10. The number of halogens is 1. The molecule has 4 N–H and O–H groups in total. The molecule has 0 spiro atoms. The van der Waals surface area contributed by atoms with Crippen molar-refractivity contribution in [3.8, 4) is 0 Å². The topological polar surface area (TPSA) is 101 Å². The molecule has 0 aromatic heterocycles. The normalized spacial score (nSPS) is 10.0. The van der Waals surface area contributed by atoms with Crippen molar-refractivity contribution in [1.82, 2.24) is 5.32 Å². The number of carbonyl (C=O) groups is 3. The number of carbonyl (C=O) groups excluding carboxylic acids is 3. The van der Waals surface area contributed by atoms with Gasteiger partial charge in [0.25, 0.3) is 11.8 Å². The minimum Gasteiger partial charge on any atom is -0.370 e. The van der Waals surface area contributed by atoms with E-state index in [0.29, 0.717) is 16.8 Å². The summed E-state index contributed by atoms with van der Waals surface area (Å²) in [6.07, 6.45) is 0.0584. The van der Waals surface area contributed by atoms with Crippen molar-refractivity contribution in [2.45, 2.75) is 6.42 Å². The van der Waals surface area contributed by atoms with Gasteiger partial charge >= 0.3 is 0 Å². The monoisotopic (exact) mass is 437 g/mol. The first-order chi connectivity index (χ1) is 11.5. The first-order valence-electron chi connectivity index (χ1n) is 7.20. The van der Waals surface area contributed by atoms with Crippen LogP contribution >= 0.6 is 22.6 Å². The van der Waals surface area contributed by atoms with Gasteiger partial charge in [0.1, 0.15) is 0 Å². The summed E-state index contributed by atoms with van der Waals surface area (Å²) in [6.45, 7) is 0.146. The molecule has 0 aliphatic heterocycles. The standard InChI is InChI=1S/C17H16IN3O3/c18-12-7-5-11(6-8-12)16(23)21-14-4-2-1-3-13(14)17(24)20-10-9-15(19)22/h1-8H,9-10H2,(H2,19,22)(H,20,24)(H,21,23). The van der Waals surface area contributed by atoms with E-state index in [1.165, 1.54) is 0 Å². The van der Waals surface area contributed by atoms with Gasteiger partial charge in [0.15, 0.2) is 0 Å². The molecule has 0 heterocycles. The molecule has 0 saturated carbocycles. The number of rotatable bonds is 6. The molecule has 0 atom stereocenters. The van der Waals surface area contributed by atoms with Crippen molar-refractivity contribution >= 4 is 46.0 Å². The third-order valence-corrected chi connectivity index (χ3v) is 3.90. The second kappa shape index (κ2) is 8.44. The number of amides is 3. The molecule has 0 unspecified atom stereocenters. The average molecular weight is 437 g/mol. The van der Waals surface area contributed by atoms with Gasteiger partial charge in [-0.25, -0.2) is 0 Å². The smallest absolute Gasteiger partial charge is 0.255 e. The minimum atomic E-state index is -0.490. The molecule has 0 aliphatic carbocycles. The maximum atomic E-state index is 12.3. The summed E-state index contributed by atoms with van der Waals surface area (Å²) in [5.74, 6) is -1.17. The van der Waals surface area contributed by atoms with Gasteiger partial charge in [0.2, 0.25) is 5.91 Å². The van der Waals surface area contributed by atoms with Gasteiger partial charge in [-0.05, 0) is 59.0 Å². The fourth-order valence-corrected chi connectivity index (χ4v) is 2.34. The third-order valence-electron chi connectivity index (χ3n) is 3.18. The molecule has 0 radical (unpaired) electrons. The van der Waals surface area contributed by atoms with Crippen molar-refractivity contribution in [3.63, 3.8) is 0 Å². The van der Waals surface area contributed by atoms with Gasteiger partial charge in [-0.2, -0.15) is 0 Å². The van der Waals surface area contributed by atoms with Gasteiger partial charge < -0.3 is 16.4 Å². The zero-order chi connectivity index (χ0) is 17.5. The molecule has 6 nitrogen and oxygen atoms in total. The zero-order valence-corrected chi connectivity index (χ0v) is 14.9. The molecule has 0 aliphatic rings. The lowest BCUT2D eigenvalue weighted by Crippen LogP contribution is -2.28. The van der Waals surface area contributed by atoms with Crippen LogP contribution in [0.4, 0.5) is 5.69 Å². The number of hydrogen-bond donors (Lipinski definition) is 3. The Hall–Kier alpha value is -2.42. The SMILES string of the molecule is NC(=O)CCNC(=O)c1ccccc1NC(=O)c1ccc(I)cc1. The van der Waals surface area contributed by atoms with Gasteiger partial charge in [0, 0.05) is 22.1 Å². The van der Waals surface area contributed by atoms with Gasteiger partial charge in [0.05, 0.1) is 11.3 Å². The maximum absolute atomic E-state index is 12.3. The number of nitrogens with two attached hydrogens (primary N) is 1. The summed E-state index contributed by atoms with van der Waals surface area (Å²) in [7, 11) is 0. The summed E-state index contributed by atoms with van der Waals surface area (Å²) >= 11 is 2.16. The van der Waals surface area contributed by atoms with E-state index < -0.39 is 5.91 Å². The second-order valence-corrected chi connectivity index (χ2v) is 6.22. The first kappa shape index (κ1) is 17.9. The van der Waals surface area contributed by atoms with Gasteiger partial charge in [-0.3, -0.25) is 14.4 Å². The van der Waals surface area contributed by atoms with Crippen LogP contribution < -0.4 is 16.4 Å². The van der Waals surface area contributed by atoms with Crippen molar-refractivity contribution in [2.24, 2.45) is 5.73 Å². The Kier molecular flexibility index (Phi) is 6.30. The van der Waals surface area contributed by atoms with Crippen LogP contribution in [0.5, 0.6) is 0 Å². The van der Waals surface area contributed by atoms with Crippen LogP contribution in [0.1, 0.15) is 27.1 Å². The van der Waals surface area contributed by atoms with Crippen LogP contribution in [0, 0.1) is 3.57 Å². The lowest BCUT2D eigenvalue weighted by atomic mass is 10.1. The Morgan fingerprint density at radius 2 is 1.62 bits per heavy atom. The molecule has 0 saturated heterocycles. The highest BCUT2D eigenvalue weighted by atomic mass is 127. The third kappa shape index (κ3) is 5.05. The molecular weight excluding hydrogens is 421 g/mol. The molecule has 2 aromatic rings. The van der Waals surface area contributed by atoms with Crippen LogP contribution in [0.25, 0.3) is 0 Å². The number of anilines is 1. The van der Waals surface area contributed by atoms with Crippen molar-refractivity contribution in [3.05, 3.63) is 63.2 Å². The van der Waals surface area contributed by atoms with Crippen LogP contribution in [0.15, 0.2) is 48.5 Å². The first-order valence-corrected chi connectivity index (χ1v) is 8.27. The predicted octanol–water partition coefficient (Wildman–Crippen LogP) is 2.15. The van der Waals surface area contributed by atoms with E-state index in [1.54, 1.807) is 36.4 Å². The summed E-state index contributed by atoms with van der Waals surface area (Å²) < 4.78 is 1.03. The van der Waals surface area contributed by atoms with E-state index in [9.17, 15) is 14.4 Å². The van der Waals surface area contributed by atoms with Crippen molar-refractivity contribution < 1.29 is 14.4 Å². The largest absolute Gasteiger partial charge is 0.370 e. The average Bonchev–Trinajstić information content (AvgIpc) is 2.55. The highest BCUT2D eigenvalue weighted by molar-refractivity contribution is 14.1. The molecule has 24 heavy (non-hydrogen) atoms. The summed E-state index contributed by atoms with van der Waals surface area (Å²) in [4.78, 5) is 35.2. The summed E-state index contributed by atoms with van der Waals surface area (Å²) in [5, 5.41) is 5.33. The van der Waals surface area contributed by atoms with E-state index >= 15 is 0 Å². The second-order valence-electron chi connectivity index (χ2n) is 4.98. The maximum Gasteiger partial charge on any atom is 0.255 e. The number of para-hydroxylation sites is 1. The molecule has 2 rings (SSSR count). The lowest BCUT2D eigenvalue weighted by molar-refractivity contribution is -0.117. The zero-order valence-electron chi connectivity index (χ0n) is 12.7.